The van der Waals surface area contributed by atoms with Crippen molar-refractivity contribution in [1.82, 2.24) is 0 Å². The predicted octanol–water partition coefficient (Wildman–Crippen LogP) is -0.119. The van der Waals surface area contributed by atoms with Crippen LogP contribution < -0.4 is 0 Å². The van der Waals surface area contributed by atoms with Crippen molar-refractivity contribution in [1.29, 1.82) is 0 Å². The third-order valence-corrected chi connectivity index (χ3v) is 2.49. The van der Waals surface area contributed by atoms with Gasteiger partial charge in [-0.25, -0.2) is 4.79 Å². The van der Waals surface area contributed by atoms with Crippen LogP contribution in [-0.4, -0.2) is 40.5 Å². The second-order valence-electron chi connectivity index (χ2n) is 3.68. The van der Waals surface area contributed by atoms with Crippen molar-refractivity contribution < 1.29 is 29.6 Å². The molecule has 0 aromatic heterocycles. The summed E-state index contributed by atoms with van der Waals surface area (Å²) in [5, 5.41) is 27.7. The Labute approximate surface area is 103 Å². The molecule has 98 valence electrons. The zero-order chi connectivity index (χ0) is 13.7. The van der Waals surface area contributed by atoms with Crippen LogP contribution in [0.15, 0.2) is 24.3 Å². The van der Waals surface area contributed by atoms with Gasteiger partial charge in [-0.1, -0.05) is 24.3 Å². The van der Waals surface area contributed by atoms with Gasteiger partial charge in [-0.3, -0.25) is 4.79 Å². The summed E-state index contributed by atoms with van der Waals surface area (Å²) in [5.41, 5.74) is 0.606. The minimum absolute atomic E-state index is 0.101. The average Bonchev–Trinajstić information content (AvgIpc) is 2.37. The summed E-state index contributed by atoms with van der Waals surface area (Å²) in [5.74, 6) is -2.05. The molecule has 6 heteroatoms. The lowest BCUT2D eigenvalue weighted by molar-refractivity contribution is -0.153. The first-order valence-electron chi connectivity index (χ1n) is 5.21. The number of carbonyl (C=O) groups excluding carboxylic acids is 1. The van der Waals surface area contributed by atoms with Crippen LogP contribution in [0.25, 0.3) is 0 Å². The second-order valence-corrected chi connectivity index (χ2v) is 3.68. The quantitative estimate of drug-likeness (QED) is 0.633. The lowest BCUT2D eigenvalue weighted by atomic mass is 9.97. The normalized spacial score (nSPS) is 13.7. The molecule has 0 saturated heterocycles. The van der Waals surface area contributed by atoms with Crippen LogP contribution in [0.4, 0.5) is 0 Å². The van der Waals surface area contributed by atoms with Gasteiger partial charge in [0.2, 0.25) is 0 Å². The first-order chi connectivity index (χ1) is 8.47. The molecule has 0 heterocycles. The van der Waals surface area contributed by atoms with Crippen molar-refractivity contribution in [3.63, 3.8) is 0 Å². The van der Waals surface area contributed by atoms with E-state index >= 15 is 0 Å². The van der Waals surface area contributed by atoms with Crippen molar-refractivity contribution in [2.75, 3.05) is 7.11 Å². The van der Waals surface area contributed by atoms with Gasteiger partial charge in [0.1, 0.15) is 6.10 Å². The Hall–Kier alpha value is -1.92. The number of hydrogen-bond acceptors (Lipinski definition) is 5. The number of aliphatic carboxylic acids is 1. The topological polar surface area (TPSA) is 104 Å². The molecule has 1 aromatic carbocycles. The van der Waals surface area contributed by atoms with E-state index in [0.29, 0.717) is 5.56 Å². The highest BCUT2D eigenvalue weighted by atomic mass is 16.5. The van der Waals surface area contributed by atoms with Crippen LogP contribution in [0.1, 0.15) is 17.2 Å². The van der Waals surface area contributed by atoms with Gasteiger partial charge in [-0.05, 0) is 11.1 Å². The molecule has 18 heavy (non-hydrogen) atoms. The number of rotatable bonds is 5. The van der Waals surface area contributed by atoms with Gasteiger partial charge in [0.25, 0.3) is 0 Å². The second kappa shape index (κ2) is 6.13. The highest BCUT2D eigenvalue weighted by Crippen LogP contribution is 2.22. The van der Waals surface area contributed by atoms with E-state index in [4.69, 9.17) is 5.11 Å². The summed E-state index contributed by atoms with van der Waals surface area (Å²) in [6, 6.07) is 6.23. The molecular formula is C12H14O6. The maximum Gasteiger partial charge on any atom is 0.335 e. The smallest absolute Gasteiger partial charge is 0.335 e. The number of ether oxygens (including phenoxy) is 1. The van der Waals surface area contributed by atoms with E-state index < -0.39 is 24.1 Å². The molecule has 0 aliphatic heterocycles. The Balaban J connectivity index is 3.01. The van der Waals surface area contributed by atoms with Crippen molar-refractivity contribution in [3.8, 4) is 0 Å². The van der Waals surface area contributed by atoms with Gasteiger partial charge in [0.05, 0.1) is 13.5 Å². The van der Waals surface area contributed by atoms with Crippen LogP contribution in [0.2, 0.25) is 0 Å². The Morgan fingerprint density at radius 1 is 1.28 bits per heavy atom. The fourth-order valence-electron chi connectivity index (χ4n) is 1.52. The Bertz CT molecular complexity index is 442. The fraction of sp³-hybridized carbons (Fsp3) is 0.333. The summed E-state index contributed by atoms with van der Waals surface area (Å²) >= 11 is 0. The van der Waals surface area contributed by atoms with Gasteiger partial charge in [-0.2, -0.15) is 0 Å². The summed E-state index contributed by atoms with van der Waals surface area (Å²) in [4.78, 5) is 21.8. The third kappa shape index (κ3) is 3.28. The fourth-order valence-corrected chi connectivity index (χ4v) is 1.52. The maximum absolute atomic E-state index is 11.2. The molecule has 2 atom stereocenters. The molecule has 0 saturated carbocycles. The monoisotopic (exact) mass is 254 g/mol. The van der Waals surface area contributed by atoms with Gasteiger partial charge in [0.15, 0.2) is 6.10 Å². The predicted molar refractivity (Wildman–Crippen MR) is 60.8 cm³/mol. The molecule has 3 N–H and O–H groups in total. The van der Waals surface area contributed by atoms with Gasteiger partial charge >= 0.3 is 11.9 Å². The Morgan fingerprint density at radius 2 is 1.89 bits per heavy atom. The largest absolute Gasteiger partial charge is 0.479 e. The summed E-state index contributed by atoms with van der Waals surface area (Å²) in [6.07, 6.45) is -3.64. The molecule has 6 nitrogen and oxygen atoms in total. The number of methoxy groups -OCH3 is 1. The maximum atomic E-state index is 11.2. The molecule has 0 radical (unpaired) electrons. The molecule has 0 aliphatic carbocycles. The van der Waals surface area contributed by atoms with E-state index in [-0.39, 0.29) is 12.0 Å². The number of hydrogen-bond donors (Lipinski definition) is 3. The lowest BCUT2D eigenvalue weighted by Gasteiger charge is -2.17. The zero-order valence-corrected chi connectivity index (χ0v) is 9.74. The molecule has 1 aromatic rings. The highest BCUT2D eigenvalue weighted by molar-refractivity contribution is 5.75. The molecule has 0 bridgehead atoms. The number of aliphatic hydroxyl groups is 2. The number of benzene rings is 1. The number of esters is 1. The molecule has 0 spiro atoms. The Kier molecular flexibility index (Phi) is 4.82. The van der Waals surface area contributed by atoms with Crippen LogP contribution in [0.5, 0.6) is 0 Å². The zero-order valence-electron chi connectivity index (χ0n) is 9.74. The Morgan fingerprint density at radius 3 is 2.44 bits per heavy atom. The van der Waals surface area contributed by atoms with Crippen LogP contribution in [0.3, 0.4) is 0 Å². The van der Waals surface area contributed by atoms with Crippen molar-refractivity contribution >= 4 is 11.9 Å². The lowest BCUT2D eigenvalue weighted by Crippen LogP contribution is -2.28. The van der Waals surface area contributed by atoms with E-state index in [9.17, 15) is 19.8 Å². The van der Waals surface area contributed by atoms with E-state index in [1.165, 1.54) is 13.2 Å². The minimum atomic E-state index is -1.94. The highest BCUT2D eigenvalue weighted by Gasteiger charge is 2.27. The summed E-state index contributed by atoms with van der Waals surface area (Å²) in [6.45, 7) is 0. The van der Waals surface area contributed by atoms with Crippen molar-refractivity contribution in [3.05, 3.63) is 35.4 Å². The van der Waals surface area contributed by atoms with Crippen LogP contribution in [0, 0.1) is 0 Å². The SMILES string of the molecule is COC(=O)Cc1ccccc1C(O)C(O)C(=O)O. The van der Waals surface area contributed by atoms with Crippen LogP contribution >= 0.6 is 0 Å². The van der Waals surface area contributed by atoms with E-state index in [1.807, 2.05) is 0 Å². The number of carboxylic acid groups (broad SMARTS) is 1. The van der Waals surface area contributed by atoms with E-state index in [1.54, 1.807) is 18.2 Å². The average molecular weight is 254 g/mol. The molecule has 1 rings (SSSR count). The van der Waals surface area contributed by atoms with Gasteiger partial charge in [-0.15, -0.1) is 0 Å². The summed E-state index contributed by atoms with van der Waals surface area (Å²) in [7, 11) is 1.23. The minimum Gasteiger partial charge on any atom is -0.479 e. The summed E-state index contributed by atoms with van der Waals surface area (Å²) < 4.78 is 4.50. The first kappa shape index (κ1) is 14.1. The van der Waals surface area contributed by atoms with Gasteiger partial charge < -0.3 is 20.1 Å². The van der Waals surface area contributed by atoms with Crippen molar-refractivity contribution in [2.24, 2.45) is 0 Å². The van der Waals surface area contributed by atoms with E-state index in [0.717, 1.165) is 0 Å². The van der Waals surface area contributed by atoms with Crippen LogP contribution in [-0.2, 0) is 20.7 Å². The number of carboxylic acids is 1. The molecule has 2 unspecified atom stereocenters. The third-order valence-electron chi connectivity index (χ3n) is 2.49. The van der Waals surface area contributed by atoms with Crippen molar-refractivity contribution in [2.45, 2.75) is 18.6 Å². The molecule has 0 aliphatic rings. The number of carbonyl (C=O) groups is 2. The molecular weight excluding hydrogens is 240 g/mol. The molecule has 0 fully saturated rings. The molecule has 0 amide bonds. The van der Waals surface area contributed by atoms with E-state index in [2.05, 4.69) is 4.74 Å². The number of aliphatic hydroxyl groups excluding tert-OH is 2. The first-order valence-corrected chi connectivity index (χ1v) is 5.21. The standard InChI is InChI=1S/C12H14O6/c1-18-9(13)6-7-4-2-3-5-8(7)10(14)11(15)12(16)17/h2-5,10-11,14-15H,6H2,1H3,(H,16,17). The van der Waals surface area contributed by atoms with Gasteiger partial charge in [0, 0.05) is 0 Å².